The lowest BCUT2D eigenvalue weighted by atomic mass is 10.0. The molecule has 0 bridgehead atoms. The van der Waals surface area contributed by atoms with Crippen LogP contribution in [0.4, 0.5) is 0 Å². The summed E-state index contributed by atoms with van der Waals surface area (Å²) in [5, 5.41) is 3.51. The Morgan fingerprint density at radius 1 is 1.23 bits per heavy atom. The highest BCUT2D eigenvalue weighted by molar-refractivity contribution is 7.99. The van der Waals surface area contributed by atoms with Crippen molar-refractivity contribution < 1.29 is 0 Å². The summed E-state index contributed by atoms with van der Waals surface area (Å²) >= 11 is 2.06. The van der Waals surface area contributed by atoms with E-state index in [2.05, 4.69) is 44.8 Å². The number of thioether (sulfide) groups is 1. The summed E-state index contributed by atoms with van der Waals surface area (Å²) in [5.41, 5.74) is 0. The Labute approximate surface area is 88.1 Å². The third-order valence-corrected chi connectivity index (χ3v) is 3.20. The number of rotatable bonds is 8. The van der Waals surface area contributed by atoms with Crippen molar-refractivity contribution in [2.45, 2.75) is 46.6 Å². The van der Waals surface area contributed by atoms with Gasteiger partial charge in [-0.15, -0.1) is 0 Å². The Bertz CT molecular complexity index is 104. The van der Waals surface area contributed by atoms with E-state index in [0.29, 0.717) is 6.04 Å². The van der Waals surface area contributed by atoms with Crippen molar-refractivity contribution >= 4 is 11.8 Å². The third kappa shape index (κ3) is 8.63. The lowest BCUT2D eigenvalue weighted by Crippen LogP contribution is -2.29. The quantitative estimate of drug-likeness (QED) is 0.608. The molecule has 1 unspecified atom stereocenters. The van der Waals surface area contributed by atoms with E-state index in [1.54, 1.807) is 0 Å². The molecule has 0 amide bonds. The van der Waals surface area contributed by atoms with Gasteiger partial charge in [-0.1, -0.05) is 34.1 Å². The van der Waals surface area contributed by atoms with E-state index in [9.17, 15) is 0 Å². The maximum absolute atomic E-state index is 3.51. The fourth-order valence-electron chi connectivity index (χ4n) is 1.25. The minimum atomic E-state index is 0.632. The van der Waals surface area contributed by atoms with Crippen molar-refractivity contribution in [3.63, 3.8) is 0 Å². The molecule has 0 fully saturated rings. The van der Waals surface area contributed by atoms with Gasteiger partial charge in [0.1, 0.15) is 0 Å². The zero-order valence-corrected chi connectivity index (χ0v) is 10.4. The van der Waals surface area contributed by atoms with E-state index < -0.39 is 0 Å². The van der Waals surface area contributed by atoms with E-state index >= 15 is 0 Å². The van der Waals surface area contributed by atoms with Crippen LogP contribution in [0.3, 0.4) is 0 Å². The molecule has 1 N–H and O–H groups in total. The van der Waals surface area contributed by atoms with Gasteiger partial charge in [0, 0.05) is 6.04 Å². The second kappa shape index (κ2) is 8.89. The summed E-state index contributed by atoms with van der Waals surface area (Å²) in [6, 6.07) is 0.632. The van der Waals surface area contributed by atoms with Crippen LogP contribution in [-0.2, 0) is 0 Å². The average molecular weight is 203 g/mol. The molecule has 80 valence electrons. The van der Waals surface area contributed by atoms with Crippen molar-refractivity contribution in [1.29, 1.82) is 0 Å². The molecule has 0 aromatic carbocycles. The summed E-state index contributed by atoms with van der Waals surface area (Å²) in [6.45, 7) is 10.2. The highest BCUT2D eigenvalue weighted by atomic mass is 32.2. The monoisotopic (exact) mass is 203 g/mol. The van der Waals surface area contributed by atoms with Crippen molar-refractivity contribution in [1.82, 2.24) is 5.32 Å². The maximum Gasteiger partial charge on any atom is 0.00104 e. The predicted octanol–water partition coefficient (Wildman–Crippen LogP) is 3.15. The van der Waals surface area contributed by atoms with Gasteiger partial charge in [-0.25, -0.2) is 0 Å². The second-order valence-electron chi connectivity index (χ2n) is 3.82. The molecule has 0 radical (unpaired) electrons. The topological polar surface area (TPSA) is 12.0 Å². The van der Waals surface area contributed by atoms with Crippen molar-refractivity contribution in [2.24, 2.45) is 5.92 Å². The lowest BCUT2D eigenvalue weighted by molar-refractivity contribution is 0.430. The number of hydrogen-bond acceptors (Lipinski definition) is 2. The molecule has 0 aromatic heterocycles. The molecule has 13 heavy (non-hydrogen) atoms. The average Bonchev–Trinajstić information content (AvgIpc) is 2.10. The third-order valence-electron chi connectivity index (χ3n) is 2.27. The molecule has 1 atom stereocenters. The van der Waals surface area contributed by atoms with Crippen molar-refractivity contribution in [3.8, 4) is 0 Å². The molecular formula is C11H25NS. The molecule has 0 saturated heterocycles. The number of hydrogen-bond donors (Lipinski definition) is 1. The molecule has 0 aromatic rings. The fraction of sp³-hybridized carbons (Fsp3) is 1.00. The van der Waals surface area contributed by atoms with Gasteiger partial charge in [0.05, 0.1) is 0 Å². The van der Waals surface area contributed by atoms with Crippen LogP contribution in [0.15, 0.2) is 0 Å². The molecule has 2 heteroatoms. The summed E-state index contributed by atoms with van der Waals surface area (Å²) < 4.78 is 0. The van der Waals surface area contributed by atoms with E-state index in [1.807, 2.05) is 0 Å². The Hall–Kier alpha value is 0.310. The summed E-state index contributed by atoms with van der Waals surface area (Å²) in [6.07, 6.45) is 2.68. The molecule has 0 heterocycles. The largest absolute Gasteiger partial charge is 0.314 e. The van der Waals surface area contributed by atoms with Crippen LogP contribution in [0.5, 0.6) is 0 Å². The van der Waals surface area contributed by atoms with Gasteiger partial charge in [0.2, 0.25) is 0 Å². The van der Waals surface area contributed by atoms with Gasteiger partial charge < -0.3 is 5.32 Å². The first-order chi connectivity index (χ1) is 6.20. The second-order valence-corrected chi connectivity index (χ2v) is 5.22. The first kappa shape index (κ1) is 13.3. The van der Waals surface area contributed by atoms with E-state index in [4.69, 9.17) is 0 Å². The standard InChI is InChI=1S/C11H25NS/c1-5-11(7-8-13-6-2)9-12-10(3)4/h10-12H,5-9H2,1-4H3. The van der Waals surface area contributed by atoms with Gasteiger partial charge in [-0.05, 0) is 30.4 Å². The van der Waals surface area contributed by atoms with Crippen LogP contribution in [-0.4, -0.2) is 24.1 Å². The van der Waals surface area contributed by atoms with Crippen LogP contribution >= 0.6 is 11.8 Å². The summed E-state index contributed by atoms with van der Waals surface area (Å²) in [7, 11) is 0. The Morgan fingerprint density at radius 2 is 1.92 bits per heavy atom. The SMILES string of the molecule is CCSCCC(CC)CNC(C)C. The fourth-order valence-corrected chi connectivity index (χ4v) is 2.04. The highest BCUT2D eigenvalue weighted by Gasteiger charge is 2.05. The molecule has 1 nitrogen and oxygen atoms in total. The Morgan fingerprint density at radius 3 is 2.38 bits per heavy atom. The van der Waals surface area contributed by atoms with Crippen LogP contribution in [0.1, 0.15) is 40.5 Å². The normalized spacial score (nSPS) is 13.6. The van der Waals surface area contributed by atoms with Gasteiger partial charge in [-0.3, -0.25) is 0 Å². The van der Waals surface area contributed by atoms with E-state index in [1.165, 1.54) is 30.9 Å². The summed E-state index contributed by atoms with van der Waals surface area (Å²) in [4.78, 5) is 0. The molecule has 0 aliphatic carbocycles. The molecule has 0 spiro atoms. The maximum atomic E-state index is 3.51. The minimum absolute atomic E-state index is 0.632. The minimum Gasteiger partial charge on any atom is -0.314 e. The van der Waals surface area contributed by atoms with E-state index in [0.717, 1.165) is 5.92 Å². The lowest BCUT2D eigenvalue weighted by Gasteiger charge is -2.17. The van der Waals surface area contributed by atoms with Crippen LogP contribution in [0.25, 0.3) is 0 Å². The number of nitrogens with one attached hydrogen (secondary N) is 1. The predicted molar refractivity (Wildman–Crippen MR) is 64.5 cm³/mol. The van der Waals surface area contributed by atoms with Gasteiger partial charge in [0.25, 0.3) is 0 Å². The van der Waals surface area contributed by atoms with Gasteiger partial charge >= 0.3 is 0 Å². The van der Waals surface area contributed by atoms with Gasteiger partial charge in [0.15, 0.2) is 0 Å². The molecule has 0 aliphatic heterocycles. The molecule has 0 rings (SSSR count). The molecule has 0 saturated carbocycles. The first-order valence-electron chi connectivity index (χ1n) is 5.51. The Kier molecular flexibility index (Phi) is 9.10. The zero-order chi connectivity index (χ0) is 10.1. The van der Waals surface area contributed by atoms with Crippen LogP contribution in [0, 0.1) is 5.92 Å². The van der Waals surface area contributed by atoms with E-state index in [-0.39, 0.29) is 0 Å². The highest BCUT2D eigenvalue weighted by Crippen LogP contribution is 2.12. The smallest absolute Gasteiger partial charge is 0.00104 e. The summed E-state index contributed by atoms with van der Waals surface area (Å²) in [5.74, 6) is 3.46. The van der Waals surface area contributed by atoms with Crippen LogP contribution < -0.4 is 5.32 Å². The van der Waals surface area contributed by atoms with Crippen molar-refractivity contribution in [2.75, 3.05) is 18.1 Å². The first-order valence-corrected chi connectivity index (χ1v) is 6.67. The molecular weight excluding hydrogens is 178 g/mol. The van der Waals surface area contributed by atoms with Crippen LogP contribution in [0.2, 0.25) is 0 Å². The molecule has 0 aliphatic rings. The van der Waals surface area contributed by atoms with Gasteiger partial charge in [-0.2, -0.15) is 11.8 Å². The van der Waals surface area contributed by atoms with Crippen molar-refractivity contribution in [3.05, 3.63) is 0 Å². The Balaban J connectivity index is 3.39. The zero-order valence-electron chi connectivity index (χ0n) is 9.60.